The summed E-state index contributed by atoms with van der Waals surface area (Å²) in [6, 6.07) is 0. The van der Waals surface area contributed by atoms with E-state index in [-0.39, 0.29) is 0 Å². The Kier molecular flexibility index (Phi) is 9.73. The molecule has 0 aliphatic rings. The average molecular weight is 232 g/mol. The molecule has 0 amide bonds. The summed E-state index contributed by atoms with van der Waals surface area (Å²) in [5, 5.41) is 0. The van der Waals surface area contributed by atoms with Gasteiger partial charge in [0.2, 0.25) is 0 Å². The van der Waals surface area contributed by atoms with Crippen molar-refractivity contribution in [1.82, 2.24) is 0 Å². The molecule has 0 N–H and O–H groups in total. The van der Waals surface area contributed by atoms with Gasteiger partial charge in [-0.1, -0.05) is 40.0 Å². The van der Waals surface area contributed by atoms with Crippen LogP contribution in [-0.2, 0) is 4.74 Å². The van der Waals surface area contributed by atoms with Crippen LogP contribution >= 0.6 is 12.6 Å². The normalized spacial score (nSPS) is 12.0. The fourth-order valence-electron chi connectivity index (χ4n) is 2.07. The Morgan fingerprint density at radius 3 is 2.00 bits per heavy atom. The topological polar surface area (TPSA) is 9.23 Å². The van der Waals surface area contributed by atoms with Gasteiger partial charge in [0.1, 0.15) is 0 Å². The fraction of sp³-hybridized carbons (Fsp3) is 1.00. The summed E-state index contributed by atoms with van der Waals surface area (Å²) >= 11 is 4.51. The summed E-state index contributed by atoms with van der Waals surface area (Å²) in [4.78, 5) is 0. The summed E-state index contributed by atoms with van der Waals surface area (Å²) < 4.78 is 5.79. The van der Waals surface area contributed by atoms with Gasteiger partial charge in [0, 0.05) is 12.0 Å². The first-order chi connectivity index (χ1) is 7.24. The van der Waals surface area contributed by atoms with E-state index < -0.39 is 0 Å². The molecular formula is C13H28OS. The zero-order valence-electron chi connectivity index (χ0n) is 10.7. The van der Waals surface area contributed by atoms with Gasteiger partial charge in [-0.15, -0.1) is 0 Å². The van der Waals surface area contributed by atoms with Gasteiger partial charge in [-0.2, -0.15) is 12.6 Å². The monoisotopic (exact) mass is 232 g/mol. The van der Waals surface area contributed by atoms with E-state index in [0.29, 0.717) is 5.41 Å². The first-order valence-electron chi connectivity index (χ1n) is 6.43. The molecule has 0 saturated carbocycles. The molecule has 0 heterocycles. The molecule has 0 aromatic rings. The maximum Gasteiger partial charge on any atom is 0.0530 e. The maximum absolute atomic E-state index is 5.79. The van der Waals surface area contributed by atoms with Crippen LogP contribution in [0.15, 0.2) is 0 Å². The minimum atomic E-state index is 0.334. The number of thiol groups is 1. The van der Waals surface area contributed by atoms with E-state index in [2.05, 4.69) is 33.4 Å². The van der Waals surface area contributed by atoms with E-state index in [1.54, 1.807) is 0 Å². The second-order valence-corrected chi connectivity index (χ2v) is 4.88. The first kappa shape index (κ1) is 15.3. The van der Waals surface area contributed by atoms with Crippen LogP contribution in [0, 0.1) is 5.41 Å². The summed E-state index contributed by atoms with van der Waals surface area (Å²) in [5.41, 5.74) is 0.334. The van der Waals surface area contributed by atoms with Gasteiger partial charge in [0.05, 0.1) is 6.61 Å². The molecule has 0 atom stereocenters. The first-order valence-corrected chi connectivity index (χ1v) is 7.06. The lowest BCUT2D eigenvalue weighted by Gasteiger charge is -2.31. The van der Waals surface area contributed by atoms with Crippen molar-refractivity contribution < 1.29 is 4.74 Å². The highest BCUT2D eigenvalue weighted by molar-refractivity contribution is 7.80. The molecule has 0 rings (SSSR count). The SMILES string of the molecule is CCCCOCC(CS)(CCC)CCC. The van der Waals surface area contributed by atoms with Crippen LogP contribution in [0.2, 0.25) is 0 Å². The summed E-state index contributed by atoms with van der Waals surface area (Å²) in [7, 11) is 0. The highest BCUT2D eigenvalue weighted by Crippen LogP contribution is 2.31. The van der Waals surface area contributed by atoms with Crippen molar-refractivity contribution in [3.8, 4) is 0 Å². The van der Waals surface area contributed by atoms with Gasteiger partial charge >= 0.3 is 0 Å². The van der Waals surface area contributed by atoms with Crippen LogP contribution in [0.4, 0.5) is 0 Å². The highest BCUT2D eigenvalue weighted by Gasteiger charge is 2.26. The van der Waals surface area contributed by atoms with Crippen LogP contribution < -0.4 is 0 Å². The van der Waals surface area contributed by atoms with Gasteiger partial charge < -0.3 is 4.74 Å². The summed E-state index contributed by atoms with van der Waals surface area (Å²) in [5.74, 6) is 0.959. The third-order valence-electron chi connectivity index (χ3n) is 2.95. The molecule has 0 aromatic carbocycles. The predicted molar refractivity (Wildman–Crippen MR) is 71.8 cm³/mol. The molecule has 0 unspecified atom stereocenters. The van der Waals surface area contributed by atoms with E-state index in [1.807, 2.05) is 0 Å². The summed E-state index contributed by atoms with van der Waals surface area (Å²) in [6.45, 7) is 8.52. The lowest BCUT2D eigenvalue weighted by Crippen LogP contribution is -2.29. The van der Waals surface area contributed by atoms with Gasteiger partial charge in [-0.3, -0.25) is 0 Å². The quantitative estimate of drug-likeness (QED) is 0.436. The molecule has 1 nitrogen and oxygen atoms in total. The average Bonchev–Trinajstić information content (AvgIpc) is 2.25. The molecule has 0 aliphatic heterocycles. The minimum absolute atomic E-state index is 0.334. The lowest BCUT2D eigenvalue weighted by molar-refractivity contribution is 0.0436. The van der Waals surface area contributed by atoms with Crippen molar-refractivity contribution in [2.24, 2.45) is 5.41 Å². The number of rotatable bonds is 10. The zero-order valence-corrected chi connectivity index (χ0v) is 11.6. The molecular weight excluding hydrogens is 204 g/mol. The Morgan fingerprint density at radius 2 is 1.60 bits per heavy atom. The molecule has 0 fully saturated rings. The molecule has 0 aliphatic carbocycles. The number of hydrogen-bond donors (Lipinski definition) is 1. The molecule has 92 valence electrons. The van der Waals surface area contributed by atoms with E-state index >= 15 is 0 Å². The van der Waals surface area contributed by atoms with Crippen molar-refractivity contribution in [3.05, 3.63) is 0 Å². The summed E-state index contributed by atoms with van der Waals surface area (Å²) in [6.07, 6.45) is 7.36. The number of unbranched alkanes of at least 4 members (excludes halogenated alkanes) is 1. The zero-order chi connectivity index (χ0) is 11.6. The highest BCUT2D eigenvalue weighted by atomic mass is 32.1. The predicted octanol–water partition coefficient (Wildman–Crippen LogP) is 4.32. The van der Waals surface area contributed by atoms with E-state index in [9.17, 15) is 0 Å². The van der Waals surface area contributed by atoms with Crippen LogP contribution in [0.5, 0.6) is 0 Å². The molecule has 2 heteroatoms. The van der Waals surface area contributed by atoms with Gasteiger partial charge in [-0.05, 0) is 25.0 Å². The molecule has 0 saturated heterocycles. The third kappa shape index (κ3) is 6.47. The Morgan fingerprint density at radius 1 is 1.00 bits per heavy atom. The van der Waals surface area contributed by atoms with Crippen molar-refractivity contribution in [2.75, 3.05) is 19.0 Å². The van der Waals surface area contributed by atoms with Crippen LogP contribution in [0.3, 0.4) is 0 Å². The van der Waals surface area contributed by atoms with Crippen LogP contribution in [0.1, 0.15) is 59.3 Å². The Hall–Kier alpha value is 0.310. The maximum atomic E-state index is 5.79. The molecule has 0 radical (unpaired) electrons. The largest absolute Gasteiger partial charge is 0.381 e. The van der Waals surface area contributed by atoms with Crippen molar-refractivity contribution in [2.45, 2.75) is 59.3 Å². The van der Waals surface area contributed by atoms with E-state index in [0.717, 1.165) is 19.0 Å². The Labute approximate surface area is 101 Å². The molecule has 0 bridgehead atoms. The molecule has 15 heavy (non-hydrogen) atoms. The Bertz CT molecular complexity index is 130. The smallest absolute Gasteiger partial charge is 0.0530 e. The van der Waals surface area contributed by atoms with Crippen molar-refractivity contribution >= 4 is 12.6 Å². The van der Waals surface area contributed by atoms with E-state index in [4.69, 9.17) is 4.74 Å². The number of ether oxygens (including phenoxy) is 1. The second kappa shape index (κ2) is 9.53. The second-order valence-electron chi connectivity index (χ2n) is 4.56. The van der Waals surface area contributed by atoms with Crippen LogP contribution in [-0.4, -0.2) is 19.0 Å². The third-order valence-corrected chi connectivity index (χ3v) is 3.62. The van der Waals surface area contributed by atoms with E-state index in [1.165, 1.54) is 38.5 Å². The van der Waals surface area contributed by atoms with Gasteiger partial charge in [0.15, 0.2) is 0 Å². The lowest BCUT2D eigenvalue weighted by atomic mass is 9.82. The minimum Gasteiger partial charge on any atom is -0.381 e. The van der Waals surface area contributed by atoms with Crippen LogP contribution in [0.25, 0.3) is 0 Å². The standard InChI is InChI=1S/C13H28OS/c1-4-7-10-14-11-13(12-15,8-5-2)9-6-3/h15H,4-12H2,1-3H3. The Balaban J connectivity index is 3.96. The van der Waals surface area contributed by atoms with Crippen molar-refractivity contribution in [1.29, 1.82) is 0 Å². The van der Waals surface area contributed by atoms with Gasteiger partial charge in [0.25, 0.3) is 0 Å². The molecule has 0 aromatic heterocycles. The van der Waals surface area contributed by atoms with Gasteiger partial charge in [-0.25, -0.2) is 0 Å². The fourth-order valence-corrected chi connectivity index (χ4v) is 2.48. The number of hydrogen-bond acceptors (Lipinski definition) is 2. The van der Waals surface area contributed by atoms with Crippen molar-refractivity contribution in [3.63, 3.8) is 0 Å². The molecule has 0 spiro atoms.